The topological polar surface area (TPSA) is 70.7 Å². The average molecular weight is 410 g/mol. The minimum absolute atomic E-state index is 0.0105. The molecule has 2 rings (SSSR count). The maximum atomic E-state index is 12.2. The molecule has 0 saturated carbocycles. The molecule has 6 nitrogen and oxygen atoms in total. The van der Waals surface area contributed by atoms with E-state index >= 15 is 0 Å². The fraction of sp³-hybridized carbons (Fsp3) is 0.263. The summed E-state index contributed by atoms with van der Waals surface area (Å²) in [6.45, 7) is 1.88. The first-order chi connectivity index (χ1) is 12.8. The Labute approximate surface area is 168 Å². The van der Waals surface area contributed by atoms with Crippen LogP contribution in [0, 0.1) is 6.92 Å². The highest BCUT2D eigenvalue weighted by Crippen LogP contribution is 2.32. The predicted octanol–water partition coefficient (Wildman–Crippen LogP) is 3.82. The molecule has 27 heavy (non-hydrogen) atoms. The number of nitrogens with zero attached hydrogens (tertiary/aromatic N) is 1. The van der Waals surface area contributed by atoms with E-state index in [0.29, 0.717) is 27.2 Å². The van der Waals surface area contributed by atoms with Crippen LogP contribution in [0.3, 0.4) is 0 Å². The van der Waals surface area contributed by atoms with Crippen molar-refractivity contribution in [2.24, 2.45) is 0 Å². The number of hydrogen-bond acceptors (Lipinski definition) is 4. The van der Waals surface area contributed by atoms with Gasteiger partial charge < -0.3 is 15.4 Å². The Kier molecular flexibility index (Phi) is 7.47. The number of hydrogen-bond donors (Lipinski definition) is 2. The molecule has 0 unspecified atom stereocenters. The molecular weight excluding hydrogens is 389 g/mol. The van der Waals surface area contributed by atoms with E-state index in [4.69, 9.17) is 27.9 Å². The fourth-order valence-electron chi connectivity index (χ4n) is 2.37. The number of amides is 2. The van der Waals surface area contributed by atoms with Crippen molar-refractivity contribution in [1.29, 1.82) is 0 Å². The zero-order valence-corrected chi connectivity index (χ0v) is 16.8. The van der Waals surface area contributed by atoms with Gasteiger partial charge in [0.2, 0.25) is 11.8 Å². The van der Waals surface area contributed by atoms with Gasteiger partial charge in [-0.2, -0.15) is 0 Å². The summed E-state index contributed by atoms with van der Waals surface area (Å²) in [7, 11) is 3.25. The Bertz CT molecular complexity index is 826. The van der Waals surface area contributed by atoms with E-state index in [-0.39, 0.29) is 24.9 Å². The Hall–Kier alpha value is -2.28. The average Bonchev–Trinajstić information content (AvgIpc) is 2.62. The highest BCUT2D eigenvalue weighted by Gasteiger charge is 2.15. The lowest BCUT2D eigenvalue weighted by Crippen LogP contribution is -2.36. The van der Waals surface area contributed by atoms with Crippen molar-refractivity contribution in [3.8, 4) is 5.75 Å². The lowest BCUT2D eigenvalue weighted by atomic mass is 10.2. The molecule has 2 aromatic carbocycles. The van der Waals surface area contributed by atoms with Gasteiger partial charge in [0.15, 0.2) is 0 Å². The Morgan fingerprint density at radius 2 is 1.59 bits per heavy atom. The number of halogens is 2. The fourth-order valence-corrected chi connectivity index (χ4v) is 2.84. The second-order valence-electron chi connectivity index (χ2n) is 6.05. The third kappa shape index (κ3) is 6.13. The van der Waals surface area contributed by atoms with Crippen LogP contribution in [0.2, 0.25) is 10.0 Å². The van der Waals surface area contributed by atoms with Gasteiger partial charge in [-0.15, -0.1) is 0 Å². The molecule has 0 saturated heterocycles. The number of carbonyl (C=O) groups is 2. The Morgan fingerprint density at radius 1 is 1.00 bits per heavy atom. The first-order valence-corrected chi connectivity index (χ1v) is 8.92. The van der Waals surface area contributed by atoms with Crippen molar-refractivity contribution in [1.82, 2.24) is 4.90 Å². The van der Waals surface area contributed by atoms with Gasteiger partial charge in [-0.05, 0) is 49.9 Å². The summed E-state index contributed by atoms with van der Waals surface area (Å²) in [6.07, 6.45) is 0. The van der Waals surface area contributed by atoms with Crippen molar-refractivity contribution < 1.29 is 14.3 Å². The van der Waals surface area contributed by atoms with E-state index in [1.54, 1.807) is 55.5 Å². The second-order valence-corrected chi connectivity index (χ2v) is 6.84. The van der Waals surface area contributed by atoms with Gasteiger partial charge in [-0.3, -0.25) is 14.5 Å². The van der Waals surface area contributed by atoms with Gasteiger partial charge in [0, 0.05) is 5.69 Å². The van der Waals surface area contributed by atoms with Crippen molar-refractivity contribution in [3.05, 3.63) is 52.0 Å². The molecule has 0 heterocycles. The molecule has 2 amide bonds. The third-order valence-corrected chi connectivity index (χ3v) is 4.55. The highest BCUT2D eigenvalue weighted by atomic mass is 35.5. The van der Waals surface area contributed by atoms with Crippen LogP contribution >= 0.6 is 23.2 Å². The summed E-state index contributed by atoms with van der Waals surface area (Å²) in [5.41, 5.74) is 1.83. The number of nitrogens with one attached hydrogen (secondary N) is 2. The largest absolute Gasteiger partial charge is 0.497 e. The highest BCUT2D eigenvalue weighted by molar-refractivity contribution is 6.40. The summed E-state index contributed by atoms with van der Waals surface area (Å²) in [5.74, 6) is 0.154. The second kappa shape index (κ2) is 9.60. The maximum absolute atomic E-state index is 12.2. The first kappa shape index (κ1) is 21.0. The minimum Gasteiger partial charge on any atom is -0.497 e. The van der Waals surface area contributed by atoms with Crippen LogP contribution in [0.15, 0.2) is 36.4 Å². The van der Waals surface area contributed by atoms with Crippen molar-refractivity contribution in [2.75, 3.05) is 37.9 Å². The number of methoxy groups -OCH3 is 1. The SMILES string of the molecule is COc1ccc(NC(=O)CN(C)CC(=O)Nc2c(Cl)ccc(C)c2Cl)cc1. The molecule has 2 N–H and O–H groups in total. The molecule has 0 aliphatic heterocycles. The van der Waals surface area contributed by atoms with E-state index in [0.717, 1.165) is 5.56 Å². The molecule has 0 radical (unpaired) electrons. The summed E-state index contributed by atoms with van der Waals surface area (Å²) < 4.78 is 5.07. The molecule has 2 aromatic rings. The normalized spacial score (nSPS) is 10.6. The lowest BCUT2D eigenvalue weighted by Gasteiger charge is -2.17. The Balaban J connectivity index is 1.87. The molecule has 144 valence electrons. The number of carbonyl (C=O) groups excluding carboxylic acids is 2. The van der Waals surface area contributed by atoms with Gasteiger partial charge in [-0.25, -0.2) is 0 Å². The van der Waals surface area contributed by atoms with Gasteiger partial charge in [-0.1, -0.05) is 29.3 Å². The monoisotopic (exact) mass is 409 g/mol. The van der Waals surface area contributed by atoms with Crippen molar-refractivity contribution >= 4 is 46.4 Å². The number of ether oxygens (including phenoxy) is 1. The molecule has 0 atom stereocenters. The number of likely N-dealkylation sites (N-methyl/N-ethyl adjacent to an activating group) is 1. The van der Waals surface area contributed by atoms with Crippen LogP contribution < -0.4 is 15.4 Å². The maximum Gasteiger partial charge on any atom is 0.238 e. The van der Waals surface area contributed by atoms with Crippen LogP contribution in [0.1, 0.15) is 5.56 Å². The summed E-state index contributed by atoms with van der Waals surface area (Å²) in [4.78, 5) is 25.9. The molecule has 0 aromatic heterocycles. The molecule has 0 bridgehead atoms. The van der Waals surface area contributed by atoms with Crippen LogP contribution in [0.5, 0.6) is 5.75 Å². The molecule has 0 aliphatic rings. The van der Waals surface area contributed by atoms with E-state index in [2.05, 4.69) is 10.6 Å². The zero-order chi connectivity index (χ0) is 20.0. The zero-order valence-electron chi connectivity index (χ0n) is 15.3. The lowest BCUT2D eigenvalue weighted by molar-refractivity contribution is -0.119. The van der Waals surface area contributed by atoms with Crippen LogP contribution in [-0.2, 0) is 9.59 Å². The third-order valence-electron chi connectivity index (χ3n) is 3.75. The van der Waals surface area contributed by atoms with Gasteiger partial charge in [0.25, 0.3) is 0 Å². The van der Waals surface area contributed by atoms with Gasteiger partial charge >= 0.3 is 0 Å². The molecule has 8 heteroatoms. The van der Waals surface area contributed by atoms with E-state index in [1.165, 1.54) is 0 Å². The van der Waals surface area contributed by atoms with Gasteiger partial charge in [0.05, 0.1) is 35.9 Å². The number of benzene rings is 2. The van der Waals surface area contributed by atoms with E-state index in [9.17, 15) is 9.59 Å². The van der Waals surface area contributed by atoms with Gasteiger partial charge in [0.1, 0.15) is 5.75 Å². The molecule has 0 aliphatic carbocycles. The molecular formula is C19H21Cl2N3O3. The molecule has 0 spiro atoms. The quantitative estimate of drug-likeness (QED) is 0.728. The van der Waals surface area contributed by atoms with Crippen molar-refractivity contribution in [2.45, 2.75) is 6.92 Å². The minimum atomic E-state index is -0.316. The number of anilines is 2. The van der Waals surface area contributed by atoms with E-state index in [1.807, 2.05) is 6.92 Å². The number of rotatable bonds is 7. The van der Waals surface area contributed by atoms with Crippen LogP contribution in [0.25, 0.3) is 0 Å². The standard InChI is InChI=1S/C19H21Cl2N3O3/c1-12-4-9-15(20)19(18(12)21)23-17(26)11-24(2)10-16(25)22-13-5-7-14(27-3)8-6-13/h4-9H,10-11H2,1-3H3,(H,22,25)(H,23,26). The first-order valence-electron chi connectivity index (χ1n) is 8.17. The summed E-state index contributed by atoms with van der Waals surface area (Å²) in [6, 6.07) is 10.4. The van der Waals surface area contributed by atoms with E-state index < -0.39 is 0 Å². The Morgan fingerprint density at radius 3 is 2.19 bits per heavy atom. The number of aryl methyl sites for hydroxylation is 1. The van der Waals surface area contributed by atoms with Crippen molar-refractivity contribution in [3.63, 3.8) is 0 Å². The van der Waals surface area contributed by atoms with Crippen LogP contribution in [0.4, 0.5) is 11.4 Å². The summed E-state index contributed by atoms with van der Waals surface area (Å²) >= 11 is 12.3. The summed E-state index contributed by atoms with van der Waals surface area (Å²) in [5, 5.41) is 6.22. The smallest absolute Gasteiger partial charge is 0.238 e. The van der Waals surface area contributed by atoms with Crippen LogP contribution in [-0.4, -0.2) is 44.0 Å². The predicted molar refractivity (Wildman–Crippen MR) is 109 cm³/mol. The molecule has 0 fully saturated rings.